The lowest BCUT2D eigenvalue weighted by atomic mass is 10.1. The van der Waals surface area contributed by atoms with E-state index in [-0.39, 0.29) is 35.5 Å². The Morgan fingerprint density at radius 2 is 2.00 bits per heavy atom. The first kappa shape index (κ1) is 19.5. The number of aryl methyl sites for hydroxylation is 1. The molecule has 0 radical (unpaired) electrons. The van der Waals surface area contributed by atoms with Crippen LogP contribution in [0.5, 0.6) is 0 Å². The molecule has 8 nitrogen and oxygen atoms in total. The molecule has 0 atom stereocenters. The first-order chi connectivity index (χ1) is 14.5. The Morgan fingerprint density at radius 3 is 2.73 bits per heavy atom. The van der Waals surface area contributed by atoms with Crippen molar-refractivity contribution in [1.82, 2.24) is 14.7 Å². The van der Waals surface area contributed by atoms with E-state index in [1.807, 2.05) is 43.3 Å². The van der Waals surface area contributed by atoms with Crippen LogP contribution in [-0.2, 0) is 13.1 Å². The zero-order valence-corrected chi connectivity index (χ0v) is 16.5. The number of fused-ring (bicyclic) bond motifs is 2. The minimum atomic E-state index is -0.404. The van der Waals surface area contributed by atoms with Crippen molar-refractivity contribution >= 4 is 28.4 Å². The third kappa shape index (κ3) is 3.37. The number of nitrogens with one attached hydrogen (secondary N) is 1. The molecule has 0 saturated heterocycles. The van der Waals surface area contributed by atoms with Crippen LogP contribution in [0.25, 0.3) is 16.7 Å². The quantitative estimate of drug-likeness (QED) is 0.339. The molecular formula is C22H22N5O3+. The molecule has 30 heavy (non-hydrogen) atoms. The normalized spacial score (nSPS) is 11.1. The lowest BCUT2D eigenvalue weighted by molar-refractivity contribution is -0.660. The number of nitrogens with zero attached hydrogens (tertiary/aromatic N) is 3. The van der Waals surface area contributed by atoms with Crippen molar-refractivity contribution in [2.45, 2.75) is 20.0 Å². The summed E-state index contributed by atoms with van der Waals surface area (Å²) in [6, 6.07) is 14.6. The van der Waals surface area contributed by atoms with Gasteiger partial charge in [0.15, 0.2) is 0 Å². The molecule has 0 aliphatic carbocycles. The van der Waals surface area contributed by atoms with Crippen molar-refractivity contribution in [1.29, 1.82) is 0 Å². The molecule has 0 aliphatic heterocycles. The number of hydrogen-bond acceptors (Lipinski definition) is 5. The van der Waals surface area contributed by atoms with Crippen molar-refractivity contribution in [2.75, 3.05) is 12.3 Å². The highest BCUT2D eigenvalue weighted by molar-refractivity contribution is 6.00. The Kier molecular flexibility index (Phi) is 5.16. The average molecular weight is 404 g/mol. The molecule has 0 fully saturated rings. The van der Waals surface area contributed by atoms with E-state index < -0.39 is 5.91 Å². The monoisotopic (exact) mass is 404 g/mol. The second-order valence-electron chi connectivity index (χ2n) is 7.03. The highest BCUT2D eigenvalue weighted by atomic mass is 16.3. The molecule has 0 aliphatic rings. The number of carbonyl (C=O) groups excluding carboxylic acids is 1. The summed E-state index contributed by atoms with van der Waals surface area (Å²) >= 11 is 0. The zero-order valence-electron chi connectivity index (χ0n) is 16.5. The van der Waals surface area contributed by atoms with Crippen LogP contribution in [0.1, 0.15) is 21.5 Å². The van der Waals surface area contributed by atoms with Gasteiger partial charge in [0, 0.05) is 18.3 Å². The maximum absolute atomic E-state index is 13.1. The minimum absolute atomic E-state index is 0.108. The second kappa shape index (κ2) is 7.92. The number of aromatic nitrogens is 3. The fourth-order valence-electron chi connectivity index (χ4n) is 3.49. The topological polar surface area (TPSA) is 114 Å². The van der Waals surface area contributed by atoms with E-state index in [1.165, 1.54) is 15.0 Å². The van der Waals surface area contributed by atoms with E-state index in [2.05, 4.69) is 10.3 Å². The summed E-state index contributed by atoms with van der Waals surface area (Å²) in [5.74, 6) is -0.259. The van der Waals surface area contributed by atoms with Crippen molar-refractivity contribution in [3.63, 3.8) is 0 Å². The fraction of sp³-hybridized carbons (Fsp3) is 0.182. The molecule has 1 aromatic carbocycles. The van der Waals surface area contributed by atoms with Crippen LogP contribution in [0, 0.1) is 6.92 Å². The molecule has 4 N–H and O–H groups in total. The highest BCUT2D eigenvalue weighted by Gasteiger charge is 2.24. The number of anilines is 1. The molecule has 4 aromatic rings. The number of rotatable bonds is 5. The van der Waals surface area contributed by atoms with E-state index in [9.17, 15) is 14.7 Å². The molecule has 152 valence electrons. The number of hydrogen-bond donors (Lipinski definition) is 3. The van der Waals surface area contributed by atoms with Crippen LogP contribution in [0.4, 0.5) is 5.82 Å². The van der Waals surface area contributed by atoms with Gasteiger partial charge in [0.05, 0.1) is 13.2 Å². The van der Waals surface area contributed by atoms with E-state index in [1.54, 1.807) is 12.3 Å². The van der Waals surface area contributed by atoms with Crippen LogP contribution in [0.3, 0.4) is 0 Å². The Bertz CT molecular complexity index is 1320. The summed E-state index contributed by atoms with van der Waals surface area (Å²) in [7, 11) is 0. The van der Waals surface area contributed by atoms with Gasteiger partial charge >= 0.3 is 0 Å². The van der Waals surface area contributed by atoms with Crippen LogP contribution in [-0.4, -0.2) is 27.0 Å². The molecule has 8 heteroatoms. The summed E-state index contributed by atoms with van der Waals surface area (Å²) in [4.78, 5) is 30.6. The summed E-state index contributed by atoms with van der Waals surface area (Å²) in [6.45, 7) is 2.08. The number of benzene rings is 1. The molecule has 3 heterocycles. The van der Waals surface area contributed by atoms with E-state index in [0.29, 0.717) is 17.8 Å². The van der Waals surface area contributed by atoms with Crippen molar-refractivity contribution in [3.8, 4) is 0 Å². The molecule has 4 rings (SSSR count). The molecule has 3 aromatic heterocycles. The largest absolute Gasteiger partial charge is 0.393 e. The van der Waals surface area contributed by atoms with Gasteiger partial charge < -0.3 is 16.2 Å². The third-order valence-corrected chi connectivity index (χ3v) is 5.04. The standard InChI is InChI=1S/C22H21N5O3/c1-14-6-5-9-27-19(14)25-20-17(22(27)30)12-16(18(23)26(20)10-11-28)21(29)24-13-15-7-3-2-4-8-15/h2-9,12,23,28H,10-11,13H2,1H3,(H,24,29)/p+1. The number of aliphatic hydroxyl groups is 1. The Balaban J connectivity index is 1.87. The molecule has 0 bridgehead atoms. The SMILES string of the molecule is Cc1cccn2c(=O)c3cc(C(=O)NCc4ccccc4)c(N)[n+](CCO)c3nc12. The predicted octanol–water partition coefficient (Wildman–Crippen LogP) is 0.948. The Morgan fingerprint density at radius 1 is 1.23 bits per heavy atom. The van der Waals surface area contributed by atoms with Crippen LogP contribution in [0.2, 0.25) is 0 Å². The summed E-state index contributed by atoms with van der Waals surface area (Å²) < 4.78 is 2.96. The molecule has 1 amide bonds. The number of nitrogens with two attached hydrogens (primary N) is 1. The zero-order chi connectivity index (χ0) is 21.3. The molecule has 0 unspecified atom stereocenters. The first-order valence-electron chi connectivity index (χ1n) is 9.58. The fourth-order valence-corrected chi connectivity index (χ4v) is 3.49. The number of amides is 1. The van der Waals surface area contributed by atoms with Crippen molar-refractivity contribution in [3.05, 3.63) is 81.8 Å². The first-order valence-corrected chi connectivity index (χ1v) is 9.58. The van der Waals surface area contributed by atoms with Gasteiger partial charge in [0.2, 0.25) is 11.5 Å². The van der Waals surface area contributed by atoms with E-state index in [4.69, 9.17) is 5.73 Å². The lowest BCUT2D eigenvalue weighted by Crippen LogP contribution is -2.44. The van der Waals surface area contributed by atoms with Gasteiger partial charge in [-0.15, -0.1) is 0 Å². The van der Waals surface area contributed by atoms with Gasteiger partial charge in [0.1, 0.15) is 10.9 Å². The smallest absolute Gasteiger partial charge is 0.278 e. The Labute approximate surface area is 172 Å². The van der Waals surface area contributed by atoms with Crippen LogP contribution >= 0.6 is 0 Å². The average Bonchev–Trinajstić information content (AvgIpc) is 2.76. The van der Waals surface area contributed by atoms with Crippen LogP contribution < -0.4 is 21.2 Å². The number of pyridine rings is 2. The predicted molar refractivity (Wildman–Crippen MR) is 113 cm³/mol. The van der Waals surface area contributed by atoms with Gasteiger partial charge in [-0.3, -0.25) is 14.0 Å². The summed E-state index contributed by atoms with van der Waals surface area (Å²) in [5.41, 5.74) is 8.75. The van der Waals surface area contributed by atoms with Gasteiger partial charge in [-0.25, -0.2) is 4.57 Å². The molecule has 0 spiro atoms. The third-order valence-electron chi connectivity index (χ3n) is 5.04. The highest BCUT2D eigenvalue weighted by Crippen LogP contribution is 2.16. The van der Waals surface area contributed by atoms with Gasteiger partial charge in [-0.2, -0.15) is 0 Å². The maximum atomic E-state index is 13.1. The van der Waals surface area contributed by atoms with E-state index >= 15 is 0 Å². The Hall–Kier alpha value is -3.78. The van der Waals surface area contributed by atoms with E-state index in [0.717, 1.165) is 11.1 Å². The van der Waals surface area contributed by atoms with Crippen LogP contribution in [0.15, 0.2) is 59.5 Å². The van der Waals surface area contributed by atoms with Crippen molar-refractivity contribution in [2.24, 2.45) is 0 Å². The maximum Gasteiger partial charge on any atom is 0.278 e. The second-order valence-corrected chi connectivity index (χ2v) is 7.03. The number of aliphatic hydroxyl groups excluding tert-OH is 1. The number of nitrogen functional groups attached to an aromatic ring is 1. The van der Waals surface area contributed by atoms with Gasteiger partial charge in [-0.05, 0) is 24.6 Å². The summed E-state index contributed by atoms with van der Waals surface area (Å²) in [5, 5.41) is 12.6. The minimum Gasteiger partial charge on any atom is -0.393 e. The van der Waals surface area contributed by atoms with Gasteiger partial charge in [0.25, 0.3) is 17.1 Å². The molecular weight excluding hydrogens is 382 g/mol. The van der Waals surface area contributed by atoms with Gasteiger partial charge in [-0.1, -0.05) is 41.4 Å². The molecule has 0 saturated carbocycles. The number of carbonyl (C=O) groups is 1. The van der Waals surface area contributed by atoms with Crippen molar-refractivity contribution < 1.29 is 14.5 Å². The summed E-state index contributed by atoms with van der Waals surface area (Å²) in [6.07, 6.45) is 1.64. The lowest BCUT2D eigenvalue weighted by Gasteiger charge is -2.12.